The number of fused-ring (bicyclic) bond motifs is 3. The van der Waals surface area contributed by atoms with Crippen molar-refractivity contribution in [2.24, 2.45) is 5.73 Å². The molecule has 9 nitrogen and oxygen atoms in total. The van der Waals surface area contributed by atoms with Crippen LogP contribution in [0.4, 0.5) is 18.0 Å². The van der Waals surface area contributed by atoms with Gasteiger partial charge in [0.1, 0.15) is 12.7 Å². The third-order valence-corrected chi connectivity index (χ3v) is 8.22. The Bertz CT molecular complexity index is 1550. The fourth-order valence-electron chi connectivity index (χ4n) is 4.77. The molecule has 0 unspecified atom stereocenters. The molecule has 2 atom stereocenters. The van der Waals surface area contributed by atoms with Gasteiger partial charge in [-0.3, -0.25) is 19.3 Å². The van der Waals surface area contributed by atoms with Crippen molar-refractivity contribution in [1.82, 2.24) is 9.58 Å². The number of rotatable bonds is 5. The van der Waals surface area contributed by atoms with Gasteiger partial charge in [-0.1, -0.05) is 41.9 Å². The molecule has 0 saturated carbocycles. The van der Waals surface area contributed by atoms with Gasteiger partial charge in [0.2, 0.25) is 18.0 Å². The van der Waals surface area contributed by atoms with Gasteiger partial charge in [-0.25, -0.2) is 4.79 Å². The Hall–Kier alpha value is -3.84. The molecule has 3 heterocycles. The molecule has 210 valence electrons. The number of amides is 2. The van der Waals surface area contributed by atoms with E-state index in [1.807, 2.05) is 30.3 Å². The van der Waals surface area contributed by atoms with Crippen LogP contribution in [0.1, 0.15) is 40.1 Å². The second-order valence-electron chi connectivity index (χ2n) is 9.04. The van der Waals surface area contributed by atoms with Gasteiger partial charge in [0.05, 0.1) is 6.04 Å². The van der Waals surface area contributed by atoms with Crippen LogP contribution in [0.15, 0.2) is 64.4 Å². The molecule has 2 aliphatic rings. The van der Waals surface area contributed by atoms with Crippen LogP contribution in [-0.2, 0) is 10.5 Å². The molecule has 2 amide bonds. The molecule has 0 bridgehead atoms. The summed E-state index contributed by atoms with van der Waals surface area (Å²) in [5.74, 6) is -1.16. The van der Waals surface area contributed by atoms with E-state index in [1.54, 1.807) is 17.1 Å². The molecule has 2 aliphatic heterocycles. The molecular formula is C26H22ClF3N4O5S. The Morgan fingerprint density at radius 2 is 1.88 bits per heavy atom. The van der Waals surface area contributed by atoms with E-state index in [-0.39, 0.29) is 0 Å². The monoisotopic (exact) mass is 594 g/mol. The number of carbonyl (C=O) groups is 2. The lowest BCUT2D eigenvalue weighted by molar-refractivity contribution is -0.173. The average molecular weight is 595 g/mol. The van der Waals surface area contributed by atoms with Crippen molar-refractivity contribution < 1.29 is 32.2 Å². The summed E-state index contributed by atoms with van der Waals surface area (Å²) in [6, 6.07) is 10.9. The number of benzene rings is 2. The molecular weight excluding hydrogens is 573 g/mol. The van der Waals surface area contributed by atoms with E-state index < -0.39 is 60.6 Å². The van der Waals surface area contributed by atoms with Crippen LogP contribution < -0.4 is 20.9 Å². The summed E-state index contributed by atoms with van der Waals surface area (Å²) in [4.78, 5) is 39.0. The highest BCUT2D eigenvalue weighted by atomic mass is 35.5. The molecule has 0 saturated heterocycles. The third-order valence-electron chi connectivity index (χ3n) is 6.75. The minimum absolute atomic E-state index is 0.458. The number of hydrogen-bond acceptors (Lipinski definition) is 7. The van der Waals surface area contributed by atoms with Crippen LogP contribution in [0.25, 0.3) is 0 Å². The number of pyridine rings is 1. The molecule has 0 aliphatic carbocycles. The van der Waals surface area contributed by atoms with E-state index in [4.69, 9.17) is 22.1 Å². The first-order valence-electron chi connectivity index (χ1n) is 11.9. The van der Waals surface area contributed by atoms with Crippen molar-refractivity contribution in [2.75, 3.05) is 18.5 Å². The van der Waals surface area contributed by atoms with Gasteiger partial charge >= 0.3 is 12.3 Å². The molecule has 0 fully saturated rings. The zero-order valence-electron chi connectivity index (χ0n) is 20.9. The zero-order valence-corrected chi connectivity index (χ0v) is 22.4. The minimum Gasteiger partial charge on any atom is -0.451 e. The number of carbonyl (C=O) groups excluding carboxylic acids is 2. The number of halogens is 4. The number of nitrogens with two attached hydrogens (primary N) is 1. The number of alkyl halides is 3. The Balaban J connectivity index is 1.76. The van der Waals surface area contributed by atoms with Crippen LogP contribution in [0.3, 0.4) is 0 Å². The second kappa shape index (κ2) is 10.6. The lowest BCUT2D eigenvalue weighted by Crippen LogP contribution is -2.60. The van der Waals surface area contributed by atoms with E-state index in [0.29, 0.717) is 15.7 Å². The molecule has 40 heavy (non-hydrogen) atoms. The van der Waals surface area contributed by atoms with Gasteiger partial charge in [0.15, 0.2) is 5.69 Å². The SMILES string of the molecule is C[C@@H](N1CN([C@@H]2c3ccccc3SCc3c(Cl)cccc32)n2ccc(=O)c(OCOC(N)=O)c2C1=O)C(F)(F)F. The third kappa shape index (κ3) is 4.94. The van der Waals surface area contributed by atoms with Gasteiger partial charge in [-0.15, -0.1) is 11.8 Å². The second-order valence-corrected chi connectivity index (χ2v) is 10.5. The van der Waals surface area contributed by atoms with Crippen LogP contribution in [0.5, 0.6) is 5.75 Å². The maximum Gasteiger partial charge on any atom is 0.408 e. The predicted molar refractivity (Wildman–Crippen MR) is 141 cm³/mol. The van der Waals surface area contributed by atoms with E-state index in [9.17, 15) is 27.6 Å². The number of ether oxygens (including phenoxy) is 2. The summed E-state index contributed by atoms with van der Waals surface area (Å²) in [6.45, 7) is -0.446. The summed E-state index contributed by atoms with van der Waals surface area (Å²) in [6.07, 6.45) is -4.67. The van der Waals surface area contributed by atoms with E-state index in [0.717, 1.165) is 34.6 Å². The topological polar surface area (TPSA) is 107 Å². The van der Waals surface area contributed by atoms with Crippen LogP contribution in [0.2, 0.25) is 5.02 Å². The van der Waals surface area contributed by atoms with Crippen molar-refractivity contribution in [1.29, 1.82) is 0 Å². The van der Waals surface area contributed by atoms with Crippen LogP contribution in [-0.4, -0.2) is 47.3 Å². The first kappa shape index (κ1) is 27.7. The van der Waals surface area contributed by atoms with Crippen molar-refractivity contribution in [3.8, 4) is 5.75 Å². The van der Waals surface area contributed by atoms with Gasteiger partial charge in [0, 0.05) is 27.9 Å². The number of thioether (sulfide) groups is 1. The van der Waals surface area contributed by atoms with Gasteiger partial charge in [-0.05, 0) is 35.7 Å². The van der Waals surface area contributed by atoms with Crippen LogP contribution in [0, 0.1) is 0 Å². The minimum atomic E-state index is -4.77. The summed E-state index contributed by atoms with van der Waals surface area (Å²) < 4.78 is 53.2. The zero-order chi connectivity index (χ0) is 28.8. The highest BCUT2D eigenvalue weighted by molar-refractivity contribution is 7.98. The van der Waals surface area contributed by atoms with Gasteiger partial charge in [0.25, 0.3) is 5.91 Å². The number of primary amides is 1. The standard InChI is InChI=1S/C26H22ClF3N4O5S/c1-14(26(28,29)30)32-12-34(33-10-9-19(35)23(22(33)24(32)36)38-13-39-25(31)37)21-15-6-4-7-18(27)17(15)11-40-20-8-3-2-5-16(20)21/h2-10,14,21H,11-13H2,1H3,(H2,31,37)/t14-,21+/m1/s1. The highest BCUT2D eigenvalue weighted by Gasteiger charge is 2.48. The summed E-state index contributed by atoms with van der Waals surface area (Å²) >= 11 is 8.12. The lowest BCUT2D eigenvalue weighted by Gasteiger charge is -2.46. The molecule has 3 aromatic rings. The molecule has 2 aromatic carbocycles. The van der Waals surface area contributed by atoms with E-state index in [1.165, 1.54) is 22.6 Å². The molecule has 14 heteroatoms. The molecule has 2 N–H and O–H groups in total. The van der Waals surface area contributed by atoms with Crippen LogP contribution >= 0.6 is 23.4 Å². The molecule has 1 aromatic heterocycles. The maximum absolute atomic E-state index is 14.0. The first-order chi connectivity index (χ1) is 19.0. The summed E-state index contributed by atoms with van der Waals surface area (Å²) in [7, 11) is 0. The fourth-order valence-corrected chi connectivity index (χ4v) is 6.24. The Morgan fingerprint density at radius 3 is 2.60 bits per heavy atom. The normalized spacial score (nSPS) is 17.3. The van der Waals surface area contributed by atoms with E-state index >= 15 is 0 Å². The summed E-state index contributed by atoms with van der Waals surface area (Å²) in [5.41, 5.74) is 5.99. The lowest BCUT2D eigenvalue weighted by atomic mass is 9.94. The Labute approximate surface area is 235 Å². The largest absolute Gasteiger partial charge is 0.451 e. The Morgan fingerprint density at radius 1 is 1.15 bits per heavy atom. The van der Waals surface area contributed by atoms with Crippen molar-refractivity contribution in [3.05, 3.63) is 92.4 Å². The number of aromatic nitrogens is 1. The molecule has 0 radical (unpaired) electrons. The molecule has 0 spiro atoms. The van der Waals surface area contributed by atoms with Crippen molar-refractivity contribution in [3.63, 3.8) is 0 Å². The molecule has 5 rings (SSSR count). The smallest absolute Gasteiger partial charge is 0.408 e. The maximum atomic E-state index is 14.0. The van der Waals surface area contributed by atoms with Gasteiger partial charge < -0.3 is 20.1 Å². The number of nitrogens with zero attached hydrogens (tertiary/aromatic N) is 3. The first-order valence-corrected chi connectivity index (χ1v) is 13.3. The highest BCUT2D eigenvalue weighted by Crippen LogP contribution is 2.45. The van der Waals surface area contributed by atoms with Gasteiger partial charge in [-0.2, -0.15) is 13.2 Å². The quantitative estimate of drug-likeness (QED) is 0.429. The van der Waals surface area contributed by atoms with Crippen molar-refractivity contribution in [2.45, 2.75) is 35.8 Å². The summed E-state index contributed by atoms with van der Waals surface area (Å²) in [5, 5.41) is 2.05. The number of hydrogen-bond donors (Lipinski definition) is 1. The predicted octanol–water partition coefficient (Wildman–Crippen LogP) is 4.63. The fraction of sp³-hybridized carbons (Fsp3) is 0.269. The van der Waals surface area contributed by atoms with E-state index in [2.05, 4.69) is 4.74 Å². The Kier molecular flexibility index (Phi) is 7.36. The average Bonchev–Trinajstić information content (AvgIpc) is 3.07. The van der Waals surface area contributed by atoms with Crippen molar-refractivity contribution >= 4 is 35.4 Å².